The van der Waals surface area contributed by atoms with Gasteiger partial charge in [0.1, 0.15) is 11.8 Å². The molecule has 0 radical (unpaired) electrons. The van der Waals surface area contributed by atoms with E-state index < -0.39 is 47.6 Å². The highest BCUT2D eigenvalue weighted by atomic mass is 16.6. The van der Waals surface area contributed by atoms with E-state index in [0.717, 1.165) is 44.1 Å². The highest BCUT2D eigenvalue weighted by Crippen LogP contribution is 2.36. The molecule has 0 aromatic carbocycles. The van der Waals surface area contributed by atoms with E-state index in [1.165, 1.54) is 17.6 Å². The number of aliphatic hydroxyl groups is 2. The number of likely N-dealkylation sites (tertiary alicyclic amines) is 1. The molecule has 2 fully saturated rings. The third-order valence-electron chi connectivity index (χ3n) is 11.9. The molecular formula is C43H73NO9. The summed E-state index contributed by atoms with van der Waals surface area (Å²) in [6.07, 6.45) is 13.3. The Hall–Kier alpha value is -2.40. The Balaban J connectivity index is 1.94. The van der Waals surface area contributed by atoms with E-state index in [2.05, 4.69) is 33.8 Å². The highest BCUT2D eigenvalue weighted by molar-refractivity contribution is 6.39. The monoisotopic (exact) mass is 748 g/mol. The highest BCUT2D eigenvalue weighted by Gasteiger charge is 2.52. The molecule has 2 aliphatic heterocycles. The molecule has 0 saturated carbocycles. The number of rotatable bonds is 22. The van der Waals surface area contributed by atoms with Crippen LogP contribution in [0.2, 0.25) is 0 Å². The second-order valence-corrected chi connectivity index (χ2v) is 16.2. The molecule has 0 aromatic rings. The first-order valence-electron chi connectivity index (χ1n) is 20.5. The molecule has 304 valence electrons. The van der Waals surface area contributed by atoms with Crippen LogP contribution >= 0.6 is 0 Å². The standard InChI is InChI=1S/C43H73NO9/c1-11-33(27-35(13-3)51-9)25-29(5)24-28(4)17-22-38(45)34(12-2)26-31(7)39(46)30(6)18-20-36-21-19-32(8)43(50,53-36)40(47)41(48)44-23-15-14-16-37(44)42(49)52-10/h25-26,28,30,32-37,39,46,50H,11-24,27H2,1-10H3/b29-25+,31-26+/t28?,30-,32?,33?,34?,35?,36-,37?,39?,43?/m1/s1. The molecule has 2 rings (SSSR count). The van der Waals surface area contributed by atoms with Gasteiger partial charge < -0.3 is 29.3 Å². The molecule has 10 nitrogen and oxygen atoms in total. The maximum Gasteiger partial charge on any atom is 0.328 e. The van der Waals surface area contributed by atoms with Gasteiger partial charge in [-0.2, -0.15) is 0 Å². The molecule has 10 heteroatoms. The van der Waals surface area contributed by atoms with Crippen LogP contribution in [0, 0.1) is 29.6 Å². The van der Waals surface area contributed by atoms with Gasteiger partial charge in [0.15, 0.2) is 0 Å². The Morgan fingerprint density at radius 3 is 2.26 bits per heavy atom. The lowest BCUT2D eigenvalue weighted by Gasteiger charge is -2.42. The first-order chi connectivity index (χ1) is 25.1. The number of piperidine rings is 1. The molecule has 2 saturated heterocycles. The van der Waals surface area contributed by atoms with E-state index in [4.69, 9.17) is 14.2 Å². The van der Waals surface area contributed by atoms with Crippen molar-refractivity contribution in [2.45, 2.75) is 175 Å². The van der Waals surface area contributed by atoms with E-state index in [-0.39, 0.29) is 30.3 Å². The van der Waals surface area contributed by atoms with Crippen LogP contribution in [0.15, 0.2) is 23.3 Å². The van der Waals surface area contributed by atoms with Gasteiger partial charge >= 0.3 is 5.97 Å². The molecule has 0 aliphatic carbocycles. The van der Waals surface area contributed by atoms with Crippen molar-refractivity contribution in [1.29, 1.82) is 0 Å². The summed E-state index contributed by atoms with van der Waals surface area (Å²) in [6.45, 7) is 16.5. The van der Waals surface area contributed by atoms with Crippen LogP contribution in [-0.2, 0) is 33.4 Å². The van der Waals surface area contributed by atoms with Gasteiger partial charge in [0.25, 0.3) is 11.7 Å². The predicted molar refractivity (Wildman–Crippen MR) is 208 cm³/mol. The predicted octanol–water partition coefficient (Wildman–Crippen LogP) is 7.53. The summed E-state index contributed by atoms with van der Waals surface area (Å²) in [5.41, 5.74) is 2.13. The molecule has 2 N–H and O–H groups in total. The molecule has 0 bridgehead atoms. The summed E-state index contributed by atoms with van der Waals surface area (Å²) in [5, 5.41) is 22.7. The molecule has 1 amide bonds. The van der Waals surface area contributed by atoms with Crippen LogP contribution in [0.3, 0.4) is 0 Å². The fraction of sp³-hybridized carbons (Fsp3) is 0.814. The van der Waals surface area contributed by atoms with Gasteiger partial charge in [0, 0.05) is 31.9 Å². The Kier molecular flexibility index (Phi) is 20.2. The van der Waals surface area contributed by atoms with Crippen LogP contribution in [0.1, 0.15) is 145 Å². The number of hydrogen-bond acceptors (Lipinski definition) is 9. The van der Waals surface area contributed by atoms with Crippen LogP contribution in [0.5, 0.6) is 0 Å². The first kappa shape index (κ1) is 46.8. The van der Waals surface area contributed by atoms with Crippen molar-refractivity contribution in [2.75, 3.05) is 20.8 Å². The van der Waals surface area contributed by atoms with Gasteiger partial charge in [-0.1, -0.05) is 59.3 Å². The molecule has 2 heterocycles. The molecule has 0 spiro atoms. The van der Waals surface area contributed by atoms with Gasteiger partial charge in [-0.3, -0.25) is 14.4 Å². The van der Waals surface area contributed by atoms with Crippen molar-refractivity contribution in [3.63, 3.8) is 0 Å². The first-order valence-corrected chi connectivity index (χ1v) is 20.5. The number of esters is 1. The minimum absolute atomic E-state index is 0.167. The number of Topliss-reactive ketones (excluding diaryl/α,β-unsaturated/α-hetero) is 2. The molecule has 2 aliphatic rings. The minimum Gasteiger partial charge on any atom is -0.467 e. The van der Waals surface area contributed by atoms with Crippen molar-refractivity contribution in [3.8, 4) is 0 Å². The SMILES string of the molecule is CCC(/C=C(\C)CC(C)CCC(=O)C(/C=C(\C)C(O)[C@H](C)CC[C@@H]1CCC(C)C(O)(C(=O)C(=O)N2CCCCC2C(=O)OC)O1)CC)CC(CC)OC. The van der Waals surface area contributed by atoms with Crippen molar-refractivity contribution in [3.05, 3.63) is 23.3 Å². The largest absolute Gasteiger partial charge is 0.467 e. The zero-order valence-electron chi connectivity index (χ0n) is 34.7. The summed E-state index contributed by atoms with van der Waals surface area (Å²) < 4.78 is 16.5. The molecule has 8 unspecified atom stereocenters. The van der Waals surface area contributed by atoms with Crippen LogP contribution in [0.4, 0.5) is 0 Å². The molecular weight excluding hydrogens is 674 g/mol. The Bertz CT molecular complexity index is 1240. The lowest BCUT2D eigenvalue weighted by atomic mass is 9.84. The van der Waals surface area contributed by atoms with Crippen molar-refractivity contribution >= 4 is 23.4 Å². The lowest BCUT2D eigenvalue weighted by molar-refractivity contribution is -0.264. The summed E-state index contributed by atoms with van der Waals surface area (Å²) in [5.74, 6) is -4.80. The summed E-state index contributed by atoms with van der Waals surface area (Å²) in [7, 11) is 3.04. The summed E-state index contributed by atoms with van der Waals surface area (Å²) in [4.78, 5) is 53.7. The molecule has 0 aromatic heterocycles. The number of hydrogen-bond donors (Lipinski definition) is 2. The number of carbonyl (C=O) groups excluding carboxylic acids is 4. The molecule has 53 heavy (non-hydrogen) atoms. The number of methoxy groups -OCH3 is 2. The fourth-order valence-electron chi connectivity index (χ4n) is 8.11. The second kappa shape index (κ2) is 22.9. The average Bonchev–Trinajstić information content (AvgIpc) is 3.16. The van der Waals surface area contributed by atoms with Crippen molar-refractivity contribution in [2.24, 2.45) is 29.6 Å². The Morgan fingerprint density at radius 1 is 0.962 bits per heavy atom. The van der Waals surface area contributed by atoms with E-state index in [9.17, 15) is 29.4 Å². The van der Waals surface area contributed by atoms with E-state index >= 15 is 0 Å². The van der Waals surface area contributed by atoms with Crippen molar-refractivity contribution < 1.29 is 43.6 Å². The number of allylic oxidation sites excluding steroid dienone is 3. The minimum atomic E-state index is -2.29. The van der Waals surface area contributed by atoms with Gasteiger partial charge in [-0.25, -0.2) is 4.79 Å². The second-order valence-electron chi connectivity index (χ2n) is 16.2. The van der Waals surface area contributed by atoms with E-state index in [0.29, 0.717) is 63.2 Å². The van der Waals surface area contributed by atoms with E-state index in [1.807, 2.05) is 26.8 Å². The topological polar surface area (TPSA) is 140 Å². The zero-order chi connectivity index (χ0) is 39.9. The summed E-state index contributed by atoms with van der Waals surface area (Å²) >= 11 is 0. The third-order valence-corrected chi connectivity index (χ3v) is 11.9. The third kappa shape index (κ3) is 13.7. The Labute approximate surface area is 320 Å². The van der Waals surface area contributed by atoms with Crippen LogP contribution in [-0.4, -0.2) is 89.5 Å². The number of nitrogens with zero attached hydrogens (tertiary/aromatic N) is 1. The average molecular weight is 748 g/mol. The number of aliphatic hydroxyl groups excluding tert-OH is 1. The molecule has 10 atom stereocenters. The lowest BCUT2D eigenvalue weighted by Crippen LogP contribution is -2.60. The summed E-state index contributed by atoms with van der Waals surface area (Å²) in [6, 6.07) is -0.857. The maximum atomic E-state index is 13.5. The van der Waals surface area contributed by atoms with Gasteiger partial charge in [-0.15, -0.1) is 0 Å². The van der Waals surface area contributed by atoms with E-state index in [1.54, 1.807) is 14.0 Å². The fourth-order valence-corrected chi connectivity index (χ4v) is 8.11. The number of ketones is 2. The maximum absolute atomic E-state index is 13.5. The van der Waals surface area contributed by atoms with Crippen LogP contribution < -0.4 is 0 Å². The van der Waals surface area contributed by atoms with Gasteiger partial charge in [0.05, 0.1) is 25.4 Å². The number of amides is 1. The van der Waals surface area contributed by atoms with Gasteiger partial charge in [0.2, 0.25) is 5.79 Å². The number of carbonyl (C=O) groups is 4. The van der Waals surface area contributed by atoms with Gasteiger partial charge in [-0.05, 0) is 121 Å². The number of ether oxygens (including phenoxy) is 3. The van der Waals surface area contributed by atoms with Crippen molar-refractivity contribution in [1.82, 2.24) is 4.90 Å². The Morgan fingerprint density at radius 2 is 1.66 bits per heavy atom. The smallest absolute Gasteiger partial charge is 0.328 e. The normalized spacial score (nSPS) is 26.3. The zero-order valence-corrected chi connectivity index (χ0v) is 34.7. The quantitative estimate of drug-likeness (QED) is 0.0654. The van der Waals surface area contributed by atoms with Crippen LogP contribution in [0.25, 0.3) is 0 Å².